The molecule has 174 valence electrons. The number of hydrogen-bond acceptors (Lipinski definition) is 6. The van der Waals surface area contributed by atoms with Crippen LogP contribution in [0.2, 0.25) is 0 Å². The molecule has 1 aliphatic rings. The molecular weight excluding hydrogens is 458 g/mol. The van der Waals surface area contributed by atoms with E-state index in [1.54, 1.807) is 46.8 Å². The molecule has 4 N–H and O–H groups in total. The zero-order chi connectivity index (χ0) is 24.2. The number of aromatic nitrogens is 4. The number of amides is 2. The third-order valence-electron chi connectivity index (χ3n) is 5.70. The van der Waals surface area contributed by atoms with Gasteiger partial charge in [-0.05, 0) is 43.3 Å². The maximum atomic E-state index is 13.0. The van der Waals surface area contributed by atoms with Gasteiger partial charge >= 0.3 is 0 Å². The van der Waals surface area contributed by atoms with E-state index in [1.807, 2.05) is 6.92 Å². The van der Waals surface area contributed by atoms with Crippen LogP contribution in [0, 0.1) is 0 Å². The number of nitrogens with one attached hydrogen (secondary N) is 2. The Labute approximate surface area is 194 Å². The Balaban J connectivity index is 1.52. The Morgan fingerprint density at radius 1 is 1.21 bits per heavy atom. The standard InChI is InChI=1S/C22H21N7O4S/c1-12-11-24-22(31)18-9-14-4-6-17(25-20(14)29(12)18)21(30)26-16-5-3-13(10-19(16)34(23,32)33)15-7-8-28(2)27-15/h3-10,12H,11H2,1-2H3,(H,24,31)(H,26,30)(H2,23,32,33)/t12-/m1/s1. The normalized spacial score (nSPS) is 15.7. The van der Waals surface area contributed by atoms with Crippen LogP contribution in [0.1, 0.15) is 33.9 Å². The average molecular weight is 480 g/mol. The molecule has 11 nitrogen and oxygen atoms in total. The monoisotopic (exact) mass is 479 g/mol. The number of primary sulfonamides is 1. The second-order valence-corrected chi connectivity index (χ2v) is 9.68. The molecule has 0 saturated carbocycles. The topological polar surface area (TPSA) is 154 Å². The van der Waals surface area contributed by atoms with E-state index < -0.39 is 15.9 Å². The maximum absolute atomic E-state index is 13.0. The van der Waals surface area contributed by atoms with Crippen molar-refractivity contribution in [2.75, 3.05) is 11.9 Å². The molecular formula is C22H21N7O4S. The van der Waals surface area contributed by atoms with Crippen LogP contribution in [-0.4, -0.2) is 46.1 Å². The highest BCUT2D eigenvalue weighted by molar-refractivity contribution is 7.89. The predicted octanol–water partition coefficient (Wildman–Crippen LogP) is 1.64. The summed E-state index contributed by atoms with van der Waals surface area (Å²) in [6.07, 6.45) is 1.73. The van der Waals surface area contributed by atoms with Gasteiger partial charge in [0.25, 0.3) is 11.8 Å². The highest BCUT2D eigenvalue weighted by atomic mass is 32.2. The molecule has 4 heterocycles. The van der Waals surface area contributed by atoms with Gasteiger partial charge in [0, 0.05) is 30.7 Å². The zero-order valence-electron chi connectivity index (χ0n) is 18.3. The largest absolute Gasteiger partial charge is 0.349 e. The van der Waals surface area contributed by atoms with Crippen LogP contribution in [0.4, 0.5) is 5.69 Å². The van der Waals surface area contributed by atoms with Gasteiger partial charge in [0.15, 0.2) is 0 Å². The van der Waals surface area contributed by atoms with Gasteiger partial charge in [0.05, 0.1) is 17.4 Å². The first-order valence-electron chi connectivity index (χ1n) is 10.4. The number of sulfonamides is 1. The van der Waals surface area contributed by atoms with Gasteiger partial charge in [0.1, 0.15) is 21.9 Å². The summed E-state index contributed by atoms with van der Waals surface area (Å²) in [6.45, 7) is 2.40. The van der Waals surface area contributed by atoms with Crippen molar-refractivity contribution < 1.29 is 18.0 Å². The zero-order valence-corrected chi connectivity index (χ0v) is 19.1. The molecule has 0 radical (unpaired) electrons. The van der Waals surface area contributed by atoms with Crippen molar-refractivity contribution in [3.63, 3.8) is 0 Å². The maximum Gasteiger partial charge on any atom is 0.274 e. The number of rotatable bonds is 4. The molecule has 0 spiro atoms. The van der Waals surface area contributed by atoms with E-state index in [-0.39, 0.29) is 28.2 Å². The summed E-state index contributed by atoms with van der Waals surface area (Å²) in [6, 6.07) is 11.1. The third kappa shape index (κ3) is 3.72. The SMILES string of the molecule is C[C@@H]1CNC(=O)c2cc3ccc(C(=O)Nc4ccc(-c5ccn(C)n5)cc4S(N)(=O)=O)nc3n21. The third-order valence-corrected chi connectivity index (χ3v) is 6.65. The first-order chi connectivity index (χ1) is 16.1. The summed E-state index contributed by atoms with van der Waals surface area (Å²) in [7, 11) is -2.41. The number of anilines is 1. The summed E-state index contributed by atoms with van der Waals surface area (Å²) in [5.74, 6) is -0.811. The van der Waals surface area contributed by atoms with E-state index in [4.69, 9.17) is 5.14 Å². The fourth-order valence-corrected chi connectivity index (χ4v) is 4.76. The number of hydrogen-bond donors (Lipinski definition) is 3. The van der Waals surface area contributed by atoms with E-state index in [1.165, 1.54) is 18.2 Å². The highest BCUT2D eigenvalue weighted by Gasteiger charge is 2.26. The molecule has 0 unspecified atom stereocenters. The molecule has 2 amide bonds. The molecule has 1 atom stereocenters. The number of nitrogens with two attached hydrogens (primary N) is 1. The average Bonchev–Trinajstić information content (AvgIpc) is 3.40. The van der Waals surface area contributed by atoms with Crippen LogP contribution in [0.5, 0.6) is 0 Å². The lowest BCUT2D eigenvalue weighted by Crippen LogP contribution is -2.37. The Kier molecular flexibility index (Phi) is 4.99. The Morgan fingerprint density at radius 2 is 2.00 bits per heavy atom. The van der Waals surface area contributed by atoms with Crippen LogP contribution in [0.25, 0.3) is 22.3 Å². The van der Waals surface area contributed by atoms with Crippen molar-refractivity contribution in [1.82, 2.24) is 24.6 Å². The van der Waals surface area contributed by atoms with Crippen LogP contribution in [0.15, 0.2) is 53.6 Å². The van der Waals surface area contributed by atoms with E-state index in [2.05, 4.69) is 20.7 Å². The first kappa shape index (κ1) is 21.8. The van der Waals surface area contributed by atoms with Crippen molar-refractivity contribution in [1.29, 1.82) is 0 Å². The number of carbonyl (C=O) groups excluding carboxylic acids is 2. The second-order valence-electron chi connectivity index (χ2n) is 8.15. The molecule has 1 aromatic carbocycles. The smallest absolute Gasteiger partial charge is 0.274 e. The lowest BCUT2D eigenvalue weighted by atomic mass is 10.1. The van der Waals surface area contributed by atoms with E-state index in [0.717, 1.165) is 5.39 Å². The molecule has 0 aliphatic carbocycles. The molecule has 0 saturated heterocycles. The highest BCUT2D eigenvalue weighted by Crippen LogP contribution is 2.28. The van der Waals surface area contributed by atoms with Crippen LogP contribution in [0.3, 0.4) is 0 Å². The Hall–Kier alpha value is -4.03. The van der Waals surface area contributed by atoms with Crippen LogP contribution < -0.4 is 15.8 Å². The molecule has 3 aromatic heterocycles. The van der Waals surface area contributed by atoms with Gasteiger partial charge in [-0.3, -0.25) is 14.3 Å². The van der Waals surface area contributed by atoms with E-state index in [9.17, 15) is 18.0 Å². The lowest BCUT2D eigenvalue weighted by molar-refractivity contribution is 0.0918. The van der Waals surface area contributed by atoms with Crippen molar-refractivity contribution in [3.05, 3.63) is 60.0 Å². The minimum atomic E-state index is -4.15. The van der Waals surface area contributed by atoms with Crippen molar-refractivity contribution >= 4 is 38.6 Å². The van der Waals surface area contributed by atoms with Gasteiger partial charge in [-0.1, -0.05) is 6.07 Å². The lowest BCUT2D eigenvalue weighted by Gasteiger charge is -2.23. The van der Waals surface area contributed by atoms with Gasteiger partial charge in [-0.2, -0.15) is 5.10 Å². The summed E-state index contributed by atoms with van der Waals surface area (Å²) in [5, 5.41) is 15.8. The molecule has 0 fully saturated rings. The van der Waals surface area contributed by atoms with Gasteiger partial charge < -0.3 is 15.2 Å². The fourth-order valence-electron chi connectivity index (χ4n) is 4.04. The van der Waals surface area contributed by atoms with Gasteiger partial charge in [-0.15, -0.1) is 0 Å². The predicted molar refractivity (Wildman–Crippen MR) is 125 cm³/mol. The van der Waals surface area contributed by atoms with E-state index in [0.29, 0.717) is 29.1 Å². The van der Waals surface area contributed by atoms with E-state index >= 15 is 0 Å². The number of nitrogens with zero attached hydrogens (tertiary/aromatic N) is 4. The summed E-state index contributed by atoms with van der Waals surface area (Å²) >= 11 is 0. The molecule has 4 aromatic rings. The summed E-state index contributed by atoms with van der Waals surface area (Å²) in [5.41, 5.74) is 2.17. The Morgan fingerprint density at radius 3 is 2.71 bits per heavy atom. The molecule has 5 rings (SSSR count). The van der Waals surface area contributed by atoms with Crippen molar-refractivity contribution in [2.45, 2.75) is 17.9 Å². The van der Waals surface area contributed by atoms with Crippen molar-refractivity contribution in [2.24, 2.45) is 12.2 Å². The molecule has 0 bridgehead atoms. The Bertz CT molecular complexity index is 1590. The quantitative estimate of drug-likeness (QED) is 0.404. The molecule has 12 heteroatoms. The van der Waals surface area contributed by atoms with Crippen molar-refractivity contribution in [3.8, 4) is 11.3 Å². The van der Waals surface area contributed by atoms with Crippen LogP contribution >= 0.6 is 0 Å². The minimum Gasteiger partial charge on any atom is -0.349 e. The summed E-state index contributed by atoms with van der Waals surface area (Å²) in [4.78, 5) is 29.5. The minimum absolute atomic E-state index is 0.0269. The fraction of sp³-hybridized carbons (Fsp3) is 0.182. The molecule has 34 heavy (non-hydrogen) atoms. The summed E-state index contributed by atoms with van der Waals surface area (Å²) < 4.78 is 27.9. The number of fused-ring (bicyclic) bond motifs is 3. The van der Waals surface area contributed by atoms with Crippen LogP contribution in [-0.2, 0) is 17.1 Å². The number of aryl methyl sites for hydroxylation is 1. The number of benzene rings is 1. The van der Waals surface area contributed by atoms with Gasteiger partial charge in [0.2, 0.25) is 10.0 Å². The van der Waals surface area contributed by atoms with Gasteiger partial charge in [-0.25, -0.2) is 18.5 Å². The first-order valence-corrected chi connectivity index (χ1v) is 11.9. The second kappa shape index (κ2) is 7.78. The molecule has 1 aliphatic heterocycles. The number of pyridine rings is 1. The number of carbonyl (C=O) groups is 2.